The Kier molecular flexibility index (Phi) is 5.74. The molecule has 254 valence electrons. The van der Waals surface area contributed by atoms with Gasteiger partial charge in [0.1, 0.15) is 4.83 Å². The highest BCUT2D eigenvalue weighted by molar-refractivity contribution is 7.25. The Bertz CT molecular complexity index is 3700. The van der Waals surface area contributed by atoms with E-state index < -0.39 is 0 Å². The molecule has 8 aromatic carbocycles. The average Bonchev–Trinajstić information content (AvgIpc) is 3.99. The average molecular weight is 717 g/mol. The lowest BCUT2D eigenvalue weighted by Gasteiger charge is -2.12. The summed E-state index contributed by atoms with van der Waals surface area (Å²) >= 11 is 1.74. The highest BCUT2D eigenvalue weighted by atomic mass is 32.1. The van der Waals surface area contributed by atoms with E-state index >= 15 is 0 Å². The zero-order valence-electron chi connectivity index (χ0n) is 29.4. The standard InChI is InChI=1S/C50H28N4S/c1-2-12-29(13-3-1)30-22-24-32(25-23-30)48-51-49(44-37-18-8-11-21-42(37)55-50(44)52-48)54-40-19-9-6-16-34(40)38-28-39-35-27-26-31-14-4-5-15-33(31)45(35)53-41-20-10-7-17-36(41)43(46(39)53)47(38)54/h1-28H. The van der Waals surface area contributed by atoms with Gasteiger partial charge in [0.2, 0.25) is 0 Å². The summed E-state index contributed by atoms with van der Waals surface area (Å²) in [6, 6.07) is 61.4. The van der Waals surface area contributed by atoms with Crippen molar-refractivity contribution < 1.29 is 0 Å². The molecule has 13 aromatic rings. The topological polar surface area (TPSA) is 35.1 Å². The Morgan fingerprint density at radius 1 is 0.400 bits per heavy atom. The number of hydrogen-bond donors (Lipinski definition) is 0. The van der Waals surface area contributed by atoms with Crippen LogP contribution in [0.3, 0.4) is 0 Å². The second-order valence-electron chi connectivity index (χ2n) is 14.5. The number of para-hydroxylation sites is 2. The normalized spacial score (nSPS) is 12.4. The molecule has 4 nitrogen and oxygen atoms in total. The van der Waals surface area contributed by atoms with Gasteiger partial charge >= 0.3 is 0 Å². The van der Waals surface area contributed by atoms with Gasteiger partial charge in [-0.3, -0.25) is 4.57 Å². The number of hydrogen-bond acceptors (Lipinski definition) is 3. The molecule has 0 amide bonds. The van der Waals surface area contributed by atoms with Crippen LogP contribution in [0.1, 0.15) is 0 Å². The molecule has 0 radical (unpaired) electrons. The molecule has 0 N–H and O–H groups in total. The Balaban J connectivity index is 1.21. The molecule has 0 spiro atoms. The first-order valence-corrected chi connectivity index (χ1v) is 19.5. The molecule has 0 aliphatic heterocycles. The minimum Gasteiger partial charge on any atom is -0.307 e. The third-order valence-corrected chi connectivity index (χ3v) is 12.7. The van der Waals surface area contributed by atoms with E-state index in [0.29, 0.717) is 0 Å². The first kappa shape index (κ1) is 29.4. The molecule has 0 unspecified atom stereocenters. The highest BCUT2D eigenvalue weighted by Crippen LogP contribution is 2.48. The summed E-state index contributed by atoms with van der Waals surface area (Å²) in [7, 11) is 0. The molecule has 0 bridgehead atoms. The first-order valence-electron chi connectivity index (χ1n) is 18.7. The molecule has 5 aromatic heterocycles. The van der Waals surface area contributed by atoms with Gasteiger partial charge in [0.05, 0.1) is 33.0 Å². The molecule has 5 heterocycles. The summed E-state index contributed by atoms with van der Waals surface area (Å²) in [4.78, 5) is 11.9. The summed E-state index contributed by atoms with van der Waals surface area (Å²) in [5.74, 6) is 1.63. The van der Waals surface area contributed by atoms with Crippen LogP contribution < -0.4 is 0 Å². The predicted octanol–water partition coefficient (Wildman–Crippen LogP) is 13.6. The summed E-state index contributed by atoms with van der Waals surface area (Å²) in [6.45, 7) is 0. The van der Waals surface area contributed by atoms with Gasteiger partial charge in [0.15, 0.2) is 11.6 Å². The summed E-state index contributed by atoms with van der Waals surface area (Å²) in [5.41, 5.74) is 9.38. The molecular formula is C50H28N4S. The number of aromatic nitrogens is 4. The monoisotopic (exact) mass is 716 g/mol. The molecule has 5 heteroatoms. The third-order valence-electron chi connectivity index (χ3n) is 11.7. The zero-order chi connectivity index (χ0) is 35.8. The Hall–Kier alpha value is -7.08. The van der Waals surface area contributed by atoms with Crippen molar-refractivity contribution in [3.05, 3.63) is 170 Å². The lowest BCUT2D eigenvalue weighted by Crippen LogP contribution is -2.02. The van der Waals surface area contributed by atoms with E-state index in [1.54, 1.807) is 11.3 Å². The highest BCUT2D eigenvalue weighted by Gasteiger charge is 2.27. The molecular weight excluding hydrogens is 689 g/mol. The largest absolute Gasteiger partial charge is 0.307 e. The second kappa shape index (κ2) is 10.8. The minimum atomic E-state index is 0.720. The smallest absolute Gasteiger partial charge is 0.163 e. The van der Waals surface area contributed by atoms with Crippen LogP contribution in [0.15, 0.2) is 170 Å². The maximum atomic E-state index is 5.60. The fourth-order valence-corrected chi connectivity index (χ4v) is 10.4. The molecule has 0 saturated carbocycles. The van der Waals surface area contributed by atoms with Crippen LogP contribution in [0.4, 0.5) is 0 Å². The van der Waals surface area contributed by atoms with Crippen molar-refractivity contribution in [3.63, 3.8) is 0 Å². The number of rotatable bonds is 3. The Labute approximate surface area is 318 Å². The van der Waals surface area contributed by atoms with Crippen LogP contribution in [-0.4, -0.2) is 18.9 Å². The van der Waals surface area contributed by atoms with Crippen molar-refractivity contribution in [3.8, 4) is 28.3 Å². The van der Waals surface area contributed by atoms with Crippen molar-refractivity contribution in [1.29, 1.82) is 0 Å². The summed E-state index contributed by atoms with van der Waals surface area (Å²) in [5, 5.41) is 12.2. The summed E-state index contributed by atoms with van der Waals surface area (Å²) in [6.07, 6.45) is 0. The van der Waals surface area contributed by atoms with E-state index in [2.05, 4.69) is 179 Å². The molecule has 0 aliphatic rings. The van der Waals surface area contributed by atoms with E-state index in [9.17, 15) is 0 Å². The predicted molar refractivity (Wildman–Crippen MR) is 232 cm³/mol. The maximum absolute atomic E-state index is 5.60. The zero-order valence-corrected chi connectivity index (χ0v) is 30.2. The van der Waals surface area contributed by atoms with E-state index in [0.717, 1.165) is 32.9 Å². The Morgan fingerprint density at radius 3 is 1.91 bits per heavy atom. The van der Waals surface area contributed by atoms with E-state index in [-0.39, 0.29) is 0 Å². The fourth-order valence-electron chi connectivity index (χ4n) is 9.31. The molecule has 0 fully saturated rings. The Morgan fingerprint density at radius 2 is 1.05 bits per heavy atom. The van der Waals surface area contributed by atoms with Gasteiger partial charge in [-0.1, -0.05) is 146 Å². The first-order chi connectivity index (χ1) is 27.3. The minimum absolute atomic E-state index is 0.720. The number of benzene rings is 8. The number of fused-ring (bicyclic) bond motifs is 15. The lowest BCUT2D eigenvalue weighted by atomic mass is 10.0. The van der Waals surface area contributed by atoms with Gasteiger partial charge in [-0.25, -0.2) is 9.97 Å². The van der Waals surface area contributed by atoms with Crippen molar-refractivity contribution in [2.24, 2.45) is 0 Å². The van der Waals surface area contributed by atoms with Crippen molar-refractivity contribution >= 4 is 102 Å². The van der Waals surface area contributed by atoms with Gasteiger partial charge in [-0.2, -0.15) is 0 Å². The second-order valence-corrected chi connectivity index (χ2v) is 15.6. The molecule has 0 aliphatic carbocycles. The van der Waals surface area contributed by atoms with E-state index in [1.807, 2.05) is 0 Å². The van der Waals surface area contributed by atoms with Crippen LogP contribution in [0.25, 0.3) is 119 Å². The van der Waals surface area contributed by atoms with Gasteiger partial charge in [0.25, 0.3) is 0 Å². The maximum Gasteiger partial charge on any atom is 0.163 e. The lowest BCUT2D eigenvalue weighted by molar-refractivity contribution is 1.08. The van der Waals surface area contributed by atoms with Gasteiger partial charge in [-0.05, 0) is 40.8 Å². The molecule has 0 atom stereocenters. The van der Waals surface area contributed by atoms with Crippen LogP contribution in [0.5, 0.6) is 0 Å². The van der Waals surface area contributed by atoms with E-state index in [4.69, 9.17) is 9.97 Å². The molecule has 0 saturated heterocycles. The van der Waals surface area contributed by atoms with Crippen LogP contribution >= 0.6 is 11.3 Å². The van der Waals surface area contributed by atoms with Crippen molar-refractivity contribution in [1.82, 2.24) is 18.9 Å². The fraction of sp³-hybridized carbons (Fsp3) is 0. The van der Waals surface area contributed by atoms with Crippen molar-refractivity contribution in [2.75, 3.05) is 0 Å². The number of thiophene rings is 1. The van der Waals surface area contributed by atoms with Gasteiger partial charge in [-0.15, -0.1) is 11.3 Å². The SMILES string of the molecule is c1ccc(-c2ccc(-c3nc(-n4c5ccccc5c5cc6c7ccc8ccccc8c7n7c8ccccc8c(c54)c67)c4c(n3)sc3ccccc34)cc2)cc1. The van der Waals surface area contributed by atoms with Crippen LogP contribution in [-0.2, 0) is 0 Å². The molecule has 55 heavy (non-hydrogen) atoms. The van der Waals surface area contributed by atoms with E-state index in [1.165, 1.54) is 86.4 Å². The van der Waals surface area contributed by atoms with Crippen molar-refractivity contribution in [2.45, 2.75) is 0 Å². The van der Waals surface area contributed by atoms with Crippen LogP contribution in [0.2, 0.25) is 0 Å². The number of nitrogens with zero attached hydrogens (tertiary/aromatic N) is 4. The van der Waals surface area contributed by atoms with Gasteiger partial charge < -0.3 is 4.40 Å². The molecule has 13 rings (SSSR count). The van der Waals surface area contributed by atoms with Gasteiger partial charge in [0, 0.05) is 53.4 Å². The third kappa shape index (κ3) is 3.89. The quantitative estimate of drug-likeness (QED) is 0.182. The van der Waals surface area contributed by atoms with Crippen LogP contribution in [0, 0.1) is 0 Å². The summed E-state index contributed by atoms with van der Waals surface area (Å²) < 4.78 is 6.18.